The van der Waals surface area contributed by atoms with Crippen molar-refractivity contribution in [3.05, 3.63) is 228 Å². The minimum Gasteiger partial charge on any atom is -0.465 e. The number of amides is 4. The first kappa shape index (κ1) is 109. The van der Waals surface area contributed by atoms with Crippen LogP contribution in [-0.2, 0) is 82.9 Å². The van der Waals surface area contributed by atoms with Crippen molar-refractivity contribution in [3.63, 3.8) is 0 Å². The van der Waals surface area contributed by atoms with Crippen LogP contribution in [-0.4, -0.2) is 187 Å². The number of sulfone groups is 4. The fourth-order valence-electron chi connectivity index (χ4n) is 21.2. The Morgan fingerprint density at radius 3 is 0.797 bits per heavy atom. The topological polar surface area (TPSA) is 506 Å². The summed E-state index contributed by atoms with van der Waals surface area (Å²) in [4.78, 5) is 86.8. The number of halogens is 6. The highest BCUT2D eigenvalue weighted by Crippen LogP contribution is 2.59. The van der Waals surface area contributed by atoms with Crippen molar-refractivity contribution in [2.45, 2.75) is 213 Å². The molecule has 0 radical (unpaired) electrons. The van der Waals surface area contributed by atoms with Crippen LogP contribution in [0.15, 0.2) is 214 Å². The van der Waals surface area contributed by atoms with E-state index in [4.69, 9.17) is 9.47 Å². The number of carbonyl (C=O) groups is 7. The summed E-state index contributed by atoms with van der Waals surface area (Å²) in [5, 5.41) is 60.3. The highest BCUT2D eigenvalue weighted by Gasteiger charge is 2.65. The molecule has 4 unspecified atom stereocenters. The number of anilines is 3. The molecule has 8 aliphatic rings. The van der Waals surface area contributed by atoms with Gasteiger partial charge in [0.15, 0.2) is 64.1 Å². The van der Waals surface area contributed by atoms with Crippen molar-refractivity contribution in [2.24, 2.45) is 21.7 Å². The lowest BCUT2D eigenvalue weighted by Crippen LogP contribution is -2.51. The van der Waals surface area contributed by atoms with Crippen LogP contribution in [0.2, 0.25) is 0 Å². The van der Waals surface area contributed by atoms with Crippen LogP contribution in [0.1, 0.15) is 190 Å². The minimum absolute atomic E-state index is 0.0125. The number of methoxy groups -OCH3 is 1. The van der Waals surface area contributed by atoms with E-state index in [1.54, 1.807) is 82.6 Å². The molecule has 143 heavy (non-hydrogen) atoms. The Bertz CT molecular complexity index is 6140. The molecule has 4 saturated carbocycles. The first-order valence-electron chi connectivity index (χ1n) is 46.8. The number of Topliss-reactive ketones (excluding diaryl/α,β-unsaturated/α-hetero) is 1. The van der Waals surface area contributed by atoms with Gasteiger partial charge in [0.25, 0.3) is 23.6 Å². The van der Waals surface area contributed by atoms with Gasteiger partial charge in [-0.25, -0.2) is 65.2 Å². The maximum absolute atomic E-state index is 13.7. The largest absolute Gasteiger partial charge is 0.573 e. The number of hydroxylamine groups is 4. The Balaban J connectivity index is 0.000000160. The molecule has 15 N–H and O–H groups in total. The smallest absolute Gasteiger partial charge is 0.465 e. The summed E-state index contributed by atoms with van der Waals surface area (Å²) in [6, 6.07) is 47.5. The number of ether oxygens (including phenoxy) is 4. The third kappa shape index (κ3) is 24.3. The van der Waals surface area contributed by atoms with E-state index in [0.29, 0.717) is 73.3 Å². The number of nitrogens with one attached hydrogen (secondary N) is 11. The lowest BCUT2D eigenvalue weighted by atomic mass is 9.77. The van der Waals surface area contributed by atoms with Crippen molar-refractivity contribution < 1.29 is 133 Å². The maximum Gasteiger partial charge on any atom is 0.573 e. The van der Waals surface area contributed by atoms with Crippen LogP contribution in [0.25, 0.3) is 0 Å². The van der Waals surface area contributed by atoms with E-state index in [1.807, 2.05) is 31.2 Å². The van der Waals surface area contributed by atoms with Gasteiger partial charge in [-0.15, -0.1) is 26.3 Å². The third-order valence-electron chi connectivity index (χ3n) is 29.4. The van der Waals surface area contributed by atoms with E-state index in [1.165, 1.54) is 92.0 Å². The average Bonchev–Trinajstić information content (AvgIpc) is 1.60. The predicted octanol–water partition coefficient (Wildman–Crippen LogP) is 13.3. The Labute approximate surface area is 824 Å². The second kappa shape index (κ2) is 44.9. The molecular formula is C99H117F6N11O23S4. The van der Waals surface area contributed by atoms with E-state index >= 15 is 0 Å². The number of carbonyl (C=O) groups excluding carboxylic acids is 7. The van der Waals surface area contributed by atoms with E-state index in [2.05, 4.69) is 46.7 Å². The van der Waals surface area contributed by atoms with Crippen LogP contribution < -0.4 is 73.3 Å². The monoisotopic (exact) mass is 2070 g/mol. The number of esters is 2. The van der Waals surface area contributed by atoms with Gasteiger partial charge in [0.2, 0.25) is 0 Å². The van der Waals surface area contributed by atoms with Gasteiger partial charge in [-0.05, 0) is 365 Å². The number of alkyl halides is 6. The molecule has 8 aromatic rings. The average molecular weight is 2070 g/mol. The number of piperidine rings is 4. The summed E-state index contributed by atoms with van der Waals surface area (Å²) in [7, 11) is -15.1. The van der Waals surface area contributed by atoms with Gasteiger partial charge in [-0.2, -0.15) is 0 Å². The van der Waals surface area contributed by atoms with Crippen LogP contribution in [0.4, 0.5) is 43.4 Å². The Morgan fingerprint density at radius 1 is 0.315 bits per heavy atom. The van der Waals surface area contributed by atoms with Crippen LogP contribution in [0.5, 0.6) is 17.2 Å². The molecule has 0 aromatic heterocycles. The van der Waals surface area contributed by atoms with E-state index in [9.17, 15) is 114 Å². The molecule has 8 fully saturated rings. The molecule has 4 amide bonds. The third-order valence-corrected chi connectivity index (χ3v) is 39.3. The summed E-state index contributed by atoms with van der Waals surface area (Å²) >= 11 is 0. The predicted molar refractivity (Wildman–Crippen MR) is 511 cm³/mol. The molecule has 8 aromatic carbocycles. The van der Waals surface area contributed by atoms with Crippen LogP contribution >= 0.6 is 0 Å². The highest BCUT2D eigenvalue weighted by atomic mass is 32.2. The summed E-state index contributed by atoms with van der Waals surface area (Å²) in [6.45, 7) is 9.24. The Kier molecular flexibility index (Phi) is 34.1. The molecule has 34 nitrogen and oxygen atoms in total. The second-order valence-corrected chi connectivity index (χ2v) is 46.9. The van der Waals surface area contributed by atoms with Gasteiger partial charge in [0.1, 0.15) is 17.2 Å². The lowest BCUT2D eigenvalue weighted by molar-refractivity contribution is -0.275. The maximum atomic E-state index is 13.7. The van der Waals surface area contributed by atoms with Crippen molar-refractivity contribution in [3.8, 4) is 17.2 Å². The van der Waals surface area contributed by atoms with Gasteiger partial charge in [-0.1, -0.05) is 55.5 Å². The first-order valence-corrected chi connectivity index (χ1v) is 52.8. The van der Waals surface area contributed by atoms with Crippen molar-refractivity contribution >= 4 is 97.8 Å². The standard InChI is InChI=1S/C26H33N3O5S.C25H31N3O6S.C24H28F3N3O5S.C24H25F3N2O7S/c1-2-23(30)20-5-3-19(4-6-20)17-28-21-7-9-22(10-8-21)35(33,34)26(24(31)29-32)12-11-25(18-26)13-15-27-16-14-25;1-34-22(29)19-4-2-18(3-5-19)16-27-20-6-8-21(9-7-20)35(32,33)25(23(30)28-31)11-10-24(17-25)12-14-26-15-13-24;25-24(26,27)35-19-5-1-17(2-6-19)15-29-18-3-7-20(8-4-18)36(33,34)23(21(31)30-32)10-9-22(16-23)11-13-28-14-12-22;25-24(26,27)36-18-3-1-16(2-4-18)20(30)35-17-5-7-19(8-6-17)37(33,34)23(21(31)29-32)10-9-22(15-23)11-13-28-14-12-22/h3-10,27-28,32H,2,11-18H2,1H3,(H,29,31);2-9,26-27,31H,10-17H2,1H3,(H,28,30);1-8,28-29,32H,9-16H2,(H,30,31);1-8,28,32H,9-15H2,(H,29,31). The molecule has 4 spiro atoms. The second-order valence-electron chi connectivity index (χ2n) is 37.9. The quantitative estimate of drug-likeness (QED) is 0.00541. The first-order chi connectivity index (χ1) is 67.9. The fourth-order valence-corrected chi connectivity index (χ4v) is 29.6. The van der Waals surface area contributed by atoms with Crippen molar-refractivity contribution in [1.82, 2.24) is 43.2 Å². The Morgan fingerprint density at radius 2 is 0.545 bits per heavy atom. The fraction of sp³-hybridized carbons (Fsp3) is 0.444. The lowest BCUT2D eigenvalue weighted by Gasteiger charge is -2.36. The number of ketones is 1. The summed E-state index contributed by atoms with van der Waals surface area (Å²) < 4.78 is 194. The highest BCUT2D eigenvalue weighted by molar-refractivity contribution is 7.94. The normalized spacial score (nSPS) is 21.5. The van der Waals surface area contributed by atoms with E-state index in [-0.39, 0.29) is 122 Å². The van der Waals surface area contributed by atoms with Gasteiger partial charge >= 0.3 is 24.7 Å². The van der Waals surface area contributed by atoms with Gasteiger partial charge in [0.05, 0.1) is 37.8 Å². The summed E-state index contributed by atoms with van der Waals surface area (Å²) in [6.07, 6.45) is 0.728. The van der Waals surface area contributed by atoms with Gasteiger partial charge in [0, 0.05) is 48.7 Å². The zero-order valence-corrected chi connectivity index (χ0v) is 81.8. The number of rotatable bonds is 28. The zero-order valence-electron chi connectivity index (χ0n) is 78.5. The molecule has 4 saturated heterocycles. The summed E-state index contributed by atoms with van der Waals surface area (Å²) in [5.41, 5.74) is 11.2. The molecule has 44 heteroatoms. The van der Waals surface area contributed by atoms with Gasteiger partial charge < -0.3 is 56.2 Å². The van der Waals surface area contributed by atoms with Gasteiger partial charge in [-0.3, -0.25) is 44.8 Å². The zero-order chi connectivity index (χ0) is 103. The van der Waals surface area contributed by atoms with Crippen LogP contribution in [0, 0.1) is 21.7 Å². The van der Waals surface area contributed by atoms with Crippen molar-refractivity contribution in [1.29, 1.82) is 0 Å². The molecule has 0 bridgehead atoms. The molecule has 772 valence electrons. The van der Waals surface area contributed by atoms with Crippen LogP contribution in [0.3, 0.4) is 0 Å². The molecule has 4 aliphatic carbocycles. The summed E-state index contributed by atoms with van der Waals surface area (Å²) in [5.74, 6) is -5.60. The Hall–Kier alpha value is -11.7. The van der Waals surface area contributed by atoms with Crippen molar-refractivity contribution in [2.75, 3.05) is 75.4 Å². The molecular weight excluding hydrogens is 1950 g/mol. The number of benzene rings is 8. The minimum atomic E-state index is -4.87. The number of hydrogen-bond acceptors (Lipinski definition) is 30. The molecule has 4 aliphatic heterocycles. The SMILES string of the molecule is CCC(=O)c1ccc(CNc2ccc(S(=O)(=O)C3(C(=O)NO)CCC4(CCNCC4)C3)cc2)cc1.COC(=O)c1ccc(CNc2ccc(S(=O)(=O)C3(C(=O)NO)CCC4(CCNCC4)C3)cc2)cc1.O=C(NO)C1(S(=O)(=O)c2ccc(NCc3ccc(OC(F)(F)F)cc3)cc2)CCC2(CCNCC2)C1.O=C(Oc1ccc(S(=O)(=O)C2(C(=O)NO)CCC3(CCNCC3)C2)cc1)c1ccc(OC(F)(F)F)cc1. The van der Waals surface area contributed by atoms with E-state index < -0.39 is 112 Å². The molecule has 16 rings (SSSR count). The number of hydrogen-bond donors (Lipinski definition) is 15. The molecule has 4 atom stereocenters. The molecule has 4 heterocycles. The van der Waals surface area contributed by atoms with E-state index in [0.717, 1.165) is 145 Å².